The molecule has 1 aliphatic rings. The summed E-state index contributed by atoms with van der Waals surface area (Å²) in [6, 6.07) is 12.5. The molecule has 4 rings (SSSR count). The summed E-state index contributed by atoms with van der Waals surface area (Å²) in [6.45, 7) is 3.27. The van der Waals surface area contributed by atoms with Gasteiger partial charge in [-0.2, -0.15) is 0 Å². The first-order valence-corrected chi connectivity index (χ1v) is 12.5. The number of nitrogens with one attached hydrogen (secondary N) is 1. The molecule has 0 atom stereocenters. The van der Waals surface area contributed by atoms with Crippen molar-refractivity contribution in [3.8, 4) is 11.3 Å². The molecule has 7 heteroatoms. The molecule has 1 amide bonds. The molecule has 2 aromatic carbocycles. The summed E-state index contributed by atoms with van der Waals surface area (Å²) in [5.74, 6) is -0.310. The third-order valence-corrected chi connectivity index (χ3v) is 8.36. The molecule has 0 bridgehead atoms. The number of thiazole rings is 1. The van der Waals surface area contributed by atoms with E-state index in [1.54, 1.807) is 13.8 Å². The number of hydrogen-bond acceptors (Lipinski definition) is 5. The fourth-order valence-electron chi connectivity index (χ4n) is 3.59. The van der Waals surface area contributed by atoms with Gasteiger partial charge in [0.2, 0.25) is 0 Å². The number of rotatable bonds is 5. The first kappa shape index (κ1) is 20.8. The largest absolute Gasteiger partial charge is 0.298 e. The highest BCUT2D eigenvalue weighted by Crippen LogP contribution is 2.30. The summed E-state index contributed by atoms with van der Waals surface area (Å²) in [6.07, 6.45) is 4.74. The van der Waals surface area contributed by atoms with Crippen molar-refractivity contribution >= 4 is 32.2 Å². The minimum Gasteiger partial charge on any atom is -0.298 e. The zero-order valence-corrected chi connectivity index (χ0v) is 18.6. The topological polar surface area (TPSA) is 76.1 Å². The van der Waals surface area contributed by atoms with Crippen molar-refractivity contribution in [2.24, 2.45) is 0 Å². The van der Waals surface area contributed by atoms with E-state index >= 15 is 0 Å². The van der Waals surface area contributed by atoms with Gasteiger partial charge in [-0.1, -0.05) is 12.1 Å². The minimum atomic E-state index is -3.35. The number of aryl methyl sites for hydroxylation is 2. The molecule has 1 heterocycles. The Balaban J connectivity index is 1.48. The van der Waals surface area contributed by atoms with Gasteiger partial charge in [0.15, 0.2) is 15.0 Å². The van der Waals surface area contributed by atoms with Gasteiger partial charge in [-0.05, 0) is 81.0 Å². The predicted molar refractivity (Wildman–Crippen MR) is 121 cm³/mol. The summed E-state index contributed by atoms with van der Waals surface area (Å²) >= 11 is 1.38. The van der Waals surface area contributed by atoms with E-state index < -0.39 is 15.1 Å². The maximum Gasteiger partial charge on any atom is 0.257 e. The van der Waals surface area contributed by atoms with Crippen LogP contribution in [-0.2, 0) is 22.7 Å². The number of sulfone groups is 1. The van der Waals surface area contributed by atoms with Crippen LogP contribution in [0.5, 0.6) is 0 Å². The van der Waals surface area contributed by atoms with Crippen LogP contribution in [0, 0.1) is 0 Å². The van der Waals surface area contributed by atoms with Crippen LogP contribution in [0.2, 0.25) is 0 Å². The Bertz CT molecular complexity index is 1180. The number of hydrogen-bond donors (Lipinski definition) is 1. The number of anilines is 1. The second-order valence-corrected chi connectivity index (χ2v) is 11.2. The molecular weight excluding hydrogens is 416 g/mol. The van der Waals surface area contributed by atoms with Gasteiger partial charge in [-0.3, -0.25) is 10.1 Å². The lowest BCUT2D eigenvalue weighted by atomic mass is 9.90. The number of carbonyl (C=O) groups excluding carboxylic acids is 1. The monoisotopic (exact) mass is 440 g/mol. The number of amides is 1. The highest BCUT2D eigenvalue weighted by Gasteiger charge is 2.19. The molecule has 0 fully saturated rings. The van der Waals surface area contributed by atoms with Crippen molar-refractivity contribution < 1.29 is 13.2 Å². The van der Waals surface area contributed by atoms with Crippen molar-refractivity contribution in [2.45, 2.75) is 49.7 Å². The highest BCUT2D eigenvalue weighted by atomic mass is 32.2. The minimum absolute atomic E-state index is 0.220. The average molecular weight is 441 g/mol. The van der Waals surface area contributed by atoms with E-state index in [4.69, 9.17) is 0 Å². The lowest BCUT2D eigenvalue weighted by Gasteiger charge is -2.16. The van der Waals surface area contributed by atoms with E-state index in [-0.39, 0.29) is 10.8 Å². The summed E-state index contributed by atoms with van der Waals surface area (Å²) in [5.41, 5.74) is 5.13. The Morgan fingerprint density at radius 3 is 2.43 bits per heavy atom. The van der Waals surface area contributed by atoms with E-state index in [1.807, 2.05) is 5.38 Å². The first-order chi connectivity index (χ1) is 14.3. The standard InChI is InChI=1S/C23H24N2O3S2/c1-15(2)30(27,28)20-11-9-17(10-12-20)22(26)25-23-24-21(14-29-23)19-8-7-16-5-3-4-6-18(16)13-19/h7-15H,3-6H2,1-2H3,(H,24,25,26). The van der Waals surface area contributed by atoms with Gasteiger partial charge in [0, 0.05) is 16.5 Å². The van der Waals surface area contributed by atoms with Crippen molar-refractivity contribution in [1.82, 2.24) is 4.98 Å². The summed E-state index contributed by atoms with van der Waals surface area (Å²) in [4.78, 5) is 17.3. The second-order valence-electron chi connectivity index (χ2n) is 7.80. The van der Waals surface area contributed by atoms with Crippen LogP contribution in [0.1, 0.15) is 48.2 Å². The van der Waals surface area contributed by atoms with Gasteiger partial charge in [-0.15, -0.1) is 11.3 Å². The Labute approximate surface area is 181 Å². The Hall–Kier alpha value is -2.51. The zero-order chi connectivity index (χ0) is 21.3. The van der Waals surface area contributed by atoms with Crippen LogP contribution in [0.25, 0.3) is 11.3 Å². The van der Waals surface area contributed by atoms with Gasteiger partial charge in [0.25, 0.3) is 5.91 Å². The summed E-state index contributed by atoms with van der Waals surface area (Å²) in [5, 5.41) is 4.77. The van der Waals surface area contributed by atoms with Crippen molar-refractivity contribution in [2.75, 3.05) is 5.32 Å². The van der Waals surface area contributed by atoms with Crippen molar-refractivity contribution in [3.05, 3.63) is 64.5 Å². The summed E-state index contributed by atoms with van der Waals surface area (Å²) < 4.78 is 24.4. The van der Waals surface area contributed by atoms with Gasteiger partial charge in [-0.25, -0.2) is 13.4 Å². The van der Waals surface area contributed by atoms with E-state index in [0.29, 0.717) is 10.7 Å². The SMILES string of the molecule is CC(C)S(=O)(=O)c1ccc(C(=O)Nc2nc(-c3ccc4c(c3)CCCC4)cs2)cc1. The maximum absolute atomic E-state index is 12.6. The molecule has 0 saturated carbocycles. The fraction of sp³-hybridized carbons (Fsp3) is 0.304. The lowest BCUT2D eigenvalue weighted by Crippen LogP contribution is -2.15. The van der Waals surface area contributed by atoms with Crippen molar-refractivity contribution in [1.29, 1.82) is 0 Å². The van der Waals surface area contributed by atoms with Crippen LogP contribution in [0.3, 0.4) is 0 Å². The predicted octanol–water partition coefficient (Wildman–Crippen LogP) is 5.12. The van der Waals surface area contributed by atoms with Gasteiger partial charge < -0.3 is 0 Å². The Kier molecular flexibility index (Phi) is 5.75. The lowest BCUT2D eigenvalue weighted by molar-refractivity contribution is 0.102. The number of nitrogens with zero attached hydrogens (tertiary/aromatic N) is 1. The Morgan fingerprint density at radius 1 is 1.03 bits per heavy atom. The normalized spacial score (nSPS) is 13.8. The van der Waals surface area contributed by atoms with Gasteiger partial charge in [0.1, 0.15) is 0 Å². The molecule has 0 unspecified atom stereocenters. The zero-order valence-electron chi connectivity index (χ0n) is 17.0. The smallest absolute Gasteiger partial charge is 0.257 e. The van der Waals surface area contributed by atoms with Crippen molar-refractivity contribution in [3.63, 3.8) is 0 Å². The Morgan fingerprint density at radius 2 is 1.73 bits per heavy atom. The van der Waals surface area contributed by atoms with E-state index in [1.165, 1.54) is 59.6 Å². The molecule has 30 heavy (non-hydrogen) atoms. The molecule has 5 nitrogen and oxygen atoms in total. The number of fused-ring (bicyclic) bond motifs is 1. The first-order valence-electron chi connectivity index (χ1n) is 10.1. The molecule has 1 aromatic heterocycles. The second kappa shape index (κ2) is 8.32. The van der Waals surface area contributed by atoms with E-state index in [9.17, 15) is 13.2 Å². The highest BCUT2D eigenvalue weighted by molar-refractivity contribution is 7.92. The van der Waals surface area contributed by atoms with Crippen LogP contribution < -0.4 is 5.32 Å². The van der Waals surface area contributed by atoms with E-state index in [2.05, 4.69) is 28.5 Å². The summed E-state index contributed by atoms with van der Waals surface area (Å²) in [7, 11) is -3.35. The van der Waals surface area contributed by atoms with Crippen LogP contribution >= 0.6 is 11.3 Å². The molecule has 3 aromatic rings. The number of carbonyl (C=O) groups is 1. The molecule has 0 radical (unpaired) electrons. The van der Waals surface area contributed by atoms with Crippen LogP contribution in [-0.4, -0.2) is 24.6 Å². The molecule has 0 spiro atoms. The quantitative estimate of drug-likeness (QED) is 0.597. The third-order valence-electron chi connectivity index (χ3n) is 5.43. The number of benzene rings is 2. The number of aromatic nitrogens is 1. The fourth-order valence-corrected chi connectivity index (χ4v) is 5.37. The third kappa shape index (κ3) is 4.18. The molecule has 0 aliphatic heterocycles. The molecule has 1 aliphatic carbocycles. The maximum atomic E-state index is 12.6. The molecule has 156 valence electrons. The molecular formula is C23H24N2O3S2. The van der Waals surface area contributed by atoms with Gasteiger partial charge in [0.05, 0.1) is 15.8 Å². The molecule has 0 saturated heterocycles. The average Bonchev–Trinajstić information content (AvgIpc) is 3.21. The van der Waals surface area contributed by atoms with Crippen LogP contribution in [0.4, 0.5) is 5.13 Å². The van der Waals surface area contributed by atoms with E-state index in [0.717, 1.165) is 24.1 Å². The molecule has 1 N–H and O–H groups in total. The van der Waals surface area contributed by atoms with Gasteiger partial charge >= 0.3 is 0 Å². The van der Waals surface area contributed by atoms with Crippen LogP contribution in [0.15, 0.2) is 52.7 Å².